The van der Waals surface area contributed by atoms with Gasteiger partial charge in [-0.1, -0.05) is 0 Å². The highest BCUT2D eigenvalue weighted by Crippen LogP contribution is 2.09. The van der Waals surface area contributed by atoms with Gasteiger partial charge in [-0.3, -0.25) is 0 Å². The largest absolute Gasteiger partial charge is 0.332 e. The zero-order valence-electron chi connectivity index (χ0n) is 9.16. The Balaban J connectivity index is 2.07. The van der Waals surface area contributed by atoms with Gasteiger partial charge in [-0.25, -0.2) is 18.1 Å². The summed E-state index contributed by atoms with van der Waals surface area (Å²) in [5.74, 6) is 0.599. The van der Waals surface area contributed by atoms with Gasteiger partial charge < -0.3 is 10.3 Å². The van der Waals surface area contributed by atoms with Crippen molar-refractivity contribution in [1.29, 1.82) is 0 Å². The minimum absolute atomic E-state index is 0.0256. The third-order valence-corrected chi connectivity index (χ3v) is 4.02. The summed E-state index contributed by atoms with van der Waals surface area (Å²) in [7, 11) is -3.45. The number of sulfonamides is 1. The summed E-state index contributed by atoms with van der Waals surface area (Å²) in [6.45, 7) is 3.37. The number of H-pyrrole nitrogens is 1. The Bertz CT molecular complexity index is 448. The zero-order chi connectivity index (χ0) is 11.6. The second-order valence-electron chi connectivity index (χ2n) is 4.00. The lowest BCUT2D eigenvalue weighted by Gasteiger charge is -2.23. The van der Waals surface area contributed by atoms with Crippen LogP contribution >= 0.6 is 0 Å². The van der Waals surface area contributed by atoms with E-state index in [1.165, 1.54) is 6.20 Å². The Hall–Kier alpha value is -0.920. The molecule has 0 amide bonds. The van der Waals surface area contributed by atoms with Crippen molar-refractivity contribution in [1.82, 2.24) is 20.0 Å². The van der Waals surface area contributed by atoms with E-state index in [1.807, 2.05) is 0 Å². The predicted octanol–water partition coefficient (Wildman–Crippen LogP) is -0.252. The second kappa shape index (κ2) is 4.52. The van der Waals surface area contributed by atoms with Gasteiger partial charge in [0.1, 0.15) is 5.82 Å². The van der Waals surface area contributed by atoms with Crippen LogP contribution in [0.2, 0.25) is 0 Å². The van der Waals surface area contributed by atoms with Gasteiger partial charge in [0.2, 0.25) is 0 Å². The molecule has 1 aromatic rings. The quantitative estimate of drug-likeness (QED) is 0.684. The standard InChI is InChI=1S/C9H16N4O2S/c1-7-11-6-9(12-7)16(14,15)13-8-3-2-4-10-5-8/h6,8,10,13H,2-5H2,1H3,(H,11,12)/t8-/m1/s1. The lowest BCUT2D eigenvalue weighted by Crippen LogP contribution is -2.45. The normalized spacial score (nSPS) is 22.2. The minimum atomic E-state index is -3.45. The van der Waals surface area contributed by atoms with Crippen LogP contribution < -0.4 is 10.0 Å². The maximum Gasteiger partial charge on any atom is 0.257 e. The number of aryl methyl sites for hydroxylation is 1. The number of aromatic amines is 1. The monoisotopic (exact) mass is 244 g/mol. The van der Waals surface area contributed by atoms with Gasteiger partial charge in [0, 0.05) is 12.6 Å². The van der Waals surface area contributed by atoms with Gasteiger partial charge >= 0.3 is 0 Å². The summed E-state index contributed by atoms with van der Waals surface area (Å²) in [6.07, 6.45) is 3.21. The second-order valence-corrected chi connectivity index (χ2v) is 5.68. The van der Waals surface area contributed by atoms with Crippen molar-refractivity contribution in [2.24, 2.45) is 0 Å². The Morgan fingerprint density at radius 3 is 2.94 bits per heavy atom. The van der Waals surface area contributed by atoms with Gasteiger partial charge in [-0.15, -0.1) is 0 Å². The molecule has 0 aromatic carbocycles. The Labute approximate surface area is 94.9 Å². The Morgan fingerprint density at radius 2 is 2.38 bits per heavy atom. The fraction of sp³-hybridized carbons (Fsp3) is 0.667. The molecule has 1 aliphatic rings. The van der Waals surface area contributed by atoms with Crippen LogP contribution in [0.4, 0.5) is 0 Å². The van der Waals surface area contributed by atoms with Crippen molar-refractivity contribution in [3.05, 3.63) is 12.0 Å². The van der Waals surface area contributed by atoms with Crippen molar-refractivity contribution in [3.8, 4) is 0 Å². The molecule has 0 radical (unpaired) electrons. The number of hydrogen-bond acceptors (Lipinski definition) is 4. The van der Waals surface area contributed by atoms with E-state index in [9.17, 15) is 8.42 Å². The van der Waals surface area contributed by atoms with Crippen LogP contribution in [-0.4, -0.2) is 37.5 Å². The molecule has 0 saturated carbocycles. The van der Waals surface area contributed by atoms with Gasteiger partial charge in [0.05, 0.1) is 6.20 Å². The molecule has 6 nitrogen and oxygen atoms in total. The molecule has 1 atom stereocenters. The lowest BCUT2D eigenvalue weighted by atomic mass is 10.1. The van der Waals surface area contributed by atoms with Gasteiger partial charge in [-0.05, 0) is 26.3 Å². The minimum Gasteiger partial charge on any atom is -0.332 e. The highest BCUT2D eigenvalue weighted by atomic mass is 32.2. The number of aromatic nitrogens is 2. The number of nitrogens with zero attached hydrogens (tertiary/aromatic N) is 1. The van der Waals surface area contributed by atoms with Crippen LogP contribution in [0.5, 0.6) is 0 Å². The molecule has 1 saturated heterocycles. The fourth-order valence-corrected chi connectivity index (χ4v) is 3.01. The summed E-state index contributed by atoms with van der Waals surface area (Å²) in [5.41, 5.74) is 0. The fourth-order valence-electron chi connectivity index (χ4n) is 1.77. The predicted molar refractivity (Wildman–Crippen MR) is 59.5 cm³/mol. The molecule has 0 spiro atoms. The Kier molecular flexibility index (Phi) is 3.27. The maximum absolute atomic E-state index is 11.9. The van der Waals surface area contributed by atoms with E-state index in [2.05, 4.69) is 20.0 Å². The molecule has 90 valence electrons. The van der Waals surface area contributed by atoms with E-state index in [4.69, 9.17) is 0 Å². The molecule has 2 heterocycles. The first kappa shape index (κ1) is 11.6. The molecule has 1 fully saturated rings. The van der Waals surface area contributed by atoms with E-state index >= 15 is 0 Å². The zero-order valence-corrected chi connectivity index (χ0v) is 9.97. The third-order valence-electron chi connectivity index (χ3n) is 2.59. The lowest BCUT2D eigenvalue weighted by molar-refractivity contribution is 0.428. The van der Waals surface area contributed by atoms with E-state index < -0.39 is 10.0 Å². The number of hydrogen-bond donors (Lipinski definition) is 3. The molecule has 1 aromatic heterocycles. The maximum atomic E-state index is 11.9. The molecular formula is C9H16N4O2S. The summed E-state index contributed by atoms with van der Waals surface area (Å²) >= 11 is 0. The number of rotatable bonds is 3. The molecule has 16 heavy (non-hydrogen) atoms. The smallest absolute Gasteiger partial charge is 0.257 e. The highest BCUT2D eigenvalue weighted by Gasteiger charge is 2.22. The first-order valence-electron chi connectivity index (χ1n) is 5.32. The summed E-state index contributed by atoms with van der Waals surface area (Å²) in [4.78, 5) is 6.61. The number of nitrogens with one attached hydrogen (secondary N) is 3. The van der Waals surface area contributed by atoms with Crippen LogP contribution in [0.1, 0.15) is 18.7 Å². The first-order chi connectivity index (χ1) is 7.58. The number of imidazole rings is 1. The van der Waals surface area contributed by atoms with Crippen molar-refractivity contribution < 1.29 is 8.42 Å². The SMILES string of the molecule is Cc1ncc(S(=O)(=O)N[C@@H]2CCCNC2)[nH]1. The molecule has 2 rings (SSSR count). The first-order valence-corrected chi connectivity index (χ1v) is 6.81. The number of piperidine rings is 1. The van der Waals surface area contributed by atoms with Gasteiger partial charge in [-0.2, -0.15) is 0 Å². The van der Waals surface area contributed by atoms with Crippen LogP contribution in [-0.2, 0) is 10.0 Å². The summed E-state index contributed by atoms with van der Waals surface area (Å²) < 4.78 is 26.5. The molecule has 3 N–H and O–H groups in total. The topological polar surface area (TPSA) is 86.9 Å². The Morgan fingerprint density at radius 1 is 1.56 bits per heavy atom. The average molecular weight is 244 g/mol. The van der Waals surface area contributed by atoms with Crippen molar-refractivity contribution in [2.45, 2.75) is 30.8 Å². The van der Waals surface area contributed by atoms with E-state index in [-0.39, 0.29) is 11.1 Å². The third kappa shape index (κ3) is 2.60. The van der Waals surface area contributed by atoms with E-state index in [0.717, 1.165) is 19.4 Å². The van der Waals surface area contributed by atoms with Crippen LogP contribution in [0.25, 0.3) is 0 Å². The summed E-state index contributed by atoms with van der Waals surface area (Å²) in [6, 6.07) is -0.0256. The molecule has 1 aliphatic heterocycles. The molecular weight excluding hydrogens is 228 g/mol. The van der Waals surface area contributed by atoms with Crippen molar-refractivity contribution in [2.75, 3.05) is 13.1 Å². The van der Waals surface area contributed by atoms with Crippen LogP contribution in [0, 0.1) is 6.92 Å². The van der Waals surface area contributed by atoms with Gasteiger partial charge in [0.25, 0.3) is 10.0 Å². The van der Waals surface area contributed by atoms with Gasteiger partial charge in [0.15, 0.2) is 5.03 Å². The summed E-state index contributed by atoms with van der Waals surface area (Å²) in [5, 5.41) is 3.30. The molecule has 7 heteroatoms. The van der Waals surface area contributed by atoms with E-state index in [1.54, 1.807) is 6.92 Å². The van der Waals surface area contributed by atoms with Crippen molar-refractivity contribution in [3.63, 3.8) is 0 Å². The van der Waals surface area contributed by atoms with Crippen molar-refractivity contribution >= 4 is 10.0 Å². The molecule has 0 unspecified atom stereocenters. The van der Waals surface area contributed by atoms with E-state index in [0.29, 0.717) is 12.4 Å². The molecule has 0 aliphatic carbocycles. The van der Waals surface area contributed by atoms with Crippen LogP contribution in [0.15, 0.2) is 11.2 Å². The van der Waals surface area contributed by atoms with Crippen LogP contribution in [0.3, 0.4) is 0 Å². The molecule has 0 bridgehead atoms. The average Bonchev–Trinajstić information content (AvgIpc) is 2.66. The highest BCUT2D eigenvalue weighted by molar-refractivity contribution is 7.89.